The lowest BCUT2D eigenvalue weighted by Crippen LogP contribution is -2.26. The van der Waals surface area contributed by atoms with Crippen molar-refractivity contribution in [2.45, 2.75) is 37.8 Å². The van der Waals surface area contributed by atoms with E-state index >= 15 is 0 Å². The summed E-state index contributed by atoms with van der Waals surface area (Å²) in [6.07, 6.45) is 8.53. The van der Waals surface area contributed by atoms with Crippen LogP contribution in [0.1, 0.15) is 31.7 Å². The molecule has 0 atom stereocenters. The molecule has 3 heterocycles. The smallest absolute Gasteiger partial charge is 0.200 e. The number of benzene rings is 1. The van der Waals surface area contributed by atoms with E-state index in [1.165, 1.54) is 12.1 Å². The number of nitrogens with zero attached hydrogens (tertiary/aromatic N) is 5. The first kappa shape index (κ1) is 20.4. The van der Waals surface area contributed by atoms with E-state index in [-0.39, 0.29) is 17.9 Å². The van der Waals surface area contributed by atoms with Gasteiger partial charge in [-0.15, -0.1) is 0 Å². The third kappa shape index (κ3) is 3.68. The number of aromatic nitrogens is 5. The molecule has 0 saturated heterocycles. The van der Waals surface area contributed by atoms with Crippen molar-refractivity contribution in [2.75, 3.05) is 12.4 Å². The molecular weight excluding hydrogens is 414 g/mol. The van der Waals surface area contributed by atoms with Crippen LogP contribution in [0.2, 0.25) is 0 Å². The Labute approximate surface area is 184 Å². The Morgan fingerprint density at radius 1 is 1.12 bits per heavy atom. The van der Waals surface area contributed by atoms with Crippen molar-refractivity contribution >= 4 is 16.7 Å². The molecule has 0 spiro atoms. The third-order valence-electron chi connectivity index (χ3n) is 6.03. The van der Waals surface area contributed by atoms with E-state index < -0.39 is 11.6 Å². The molecule has 1 aliphatic carbocycles. The van der Waals surface area contributed by atoms with E-state index in [2.05, 4.69) is 20.1 Å². The summed E-state index contributed by atoms with van der Waals surface area (Å²) in [5.74, 6) is -1.08. The van der Waals surface area contributed by atoms with Gasteiger partial charge in [0, 0.05) is 43.5 Å². The molecule has 0 unspecified atom stereocenters. The van der Waals surface area contributed by atoms with E-state index in [9.17, 15) is 8.78 Å². The van der Waals surface area contributed by atoms with Gasteiger partial charge in [0.2, 0.25) is 5.82 Å². The number of hydrogen-bond donors (Lipinski definition) is 1. The van der Waals surface area contributed by atoms with Crippen LogP contribution in [0.15, 0.2) is 42.9 Å². The standard InChI is InChI=1S/C23H24F2N6O/c1-26-21-10-19-17(12-27-21)23(14-11-28-30(2)13-14)29-31(19)15-6-8-16(9-7-15)32-20-5-3-4-18(24)22(20)25/h3-5,10-13,15-16H,6-9H2,1-2H3,(H,26,27)/t15-,16+. The fraction of sp³-hybridized carbons (Fsp3) is 0.348. The zero-order valence-corrected chi connectivity index (χ0v) is 17.9. The molecule has 1 saturated carbocycles. The van der Waals surface area contributed by atoms with E-state index in [0.29, 0.717) is 0 Å². The second kappa shape index (κ2) is 8.22. The molecule has 0 amide bonds. The topological polar surface area (TPSA) is 69.8 Å². The largest absolute Gasteiger partial charge is 0.487 e. The maximum absolute atomic E-state index is 14.0. The molecule has 5 rings (SSSR count). The quantitative estimate of drug-likeness (QED) is 0.489. The summed E-state index contributed by atoms with van der Waals surface area (Å²) in [4.78, 5) is 4.47. The Hall–Kier alpha value is -3.49. The van der Waals surface area contributed by atoms with Crippen LogP contribution in [0, 0.1) is 11.6 Å². The van der Waals surface area contributed by atoms with Crippen molar-refractivity contribution in [1.82, 2.24) is 24.5 Å². The van der Waals surface area contributed by atoms with Gasteiger partial charge < -0.3 is 10.1 Å². The highest BCUT2D eigenvalue weighted by atomic mass is 19.2. The molecule has 0 radical (unpaired) electrons. The molecule has 4 aromatic rings. The number of hydrogen-bond acceptors (Lipinski definition) is 5. The molecule has 0 bridgehead atoms. The van der Waals surface area contributed by atoms with Gasteiger partial charge in [-0.1, -0.05) is 6.07 Å². The molecular formula is C23H24F2N6O. The van der Waals surface area contributed by atoms with Crippen LogP contribution in [-0.2, 0) is 7.05 Å². The number of anilines is 1. The highest BCUT2D eigenvalue weighted by Gasteiger charge is 2.27. The molecule has 1 aliphatic rings. The lowest BCUT2D eigenvalue weighted by Gasteiger charge is -2.29. The Morgan fingerprint density at radius 3 is 2.66 bits per heavy atom. The molecule has 1 N–H and O–H groups in total. The monoisotopic (exact) mass is 438 g/mol. The molecule has 32 heavy (non-hydrogen) atoms. The number of halogens is 2. The third-order valence-corrected chi connectivity index (χ3v) is 6.03. The van der Waals surface area contributed by atoms with E-state index in [4.69, 9.17) is 9.84 Å². The first-order valence-corrected chi connectivity index (χ1v) is 10.7. The minimum atomic E-state index is -0.930. The summed E-state index contributed by atoms with van der Waals surface area (Å²) in [6, 6.07) is 6.20. The van der Waals surface area contributed by atoms with Gasteiger partial charge in [-0.25, -0.2) is 9.37 Å². The number of fused-ring (bicyclic) bond motifs is 1. The lowest BCUT2D eigenvalue weighted by molar-refractivity contribution is 0.125. The van der Waals surface area contributed by atoms with Gasteiger partial charge in [0.15, 0.2) is 11.6 Å². The van der Waals surface area contributed by atoms with Crippen LogP contribution in [0.4, 0.5) is 14.6 Å². The van der Waals surface area contributed by atoms with Gasteiger partial charge in [0.25, 0.3) is 0 Å². The van der Waals surface area contributed by atoms with Gasteiger partial charge >= 0.3 is 0 Å². The van der Waals surface area contributed by atoms with Crippen LogP contribution in [0.5, 0.6) is 5.75 Å². The Morgan fingerprint density at radius 2 is 1.94 bits per heavy atom. The summed E-state index contributed by atoms with van der Waals surface area (Å²) < 4.78 is 37.1. The van der Waals surface area contributed by atoms with Crippen LogP contribution in [0.3, 0.4) is 0 Å². The normalized spacial score (nSPS) is 18.8. The van der Waals surface area contributed by atoms with Crippen molar-refractivity contribution in [3.8, 4) is 17.0 Å². The minimum Gasteiger partial charge on any atom is -0.487 e. The van der Waals surface area contributed by atoms with Gasteiger partial charge in [0.05, 0.1) is 23.9 Å². The predicted octanol–water partition coefficient (Wildman–Crippen LogP) is 4.71. The summed E-state index contributed by atoms with van der Waals surface area (Å²) in [6.45, 7) is 0. The Bertz CT molecular complexity index is 1260. The summed E-state index contributed by atoms with van der Waals surface area (Å²) in [5.41, 5.74) is 2.79. The van der Waals surface area contributed by atoms with Crippen LogP contribution in [0.25, 0.3) is 22.2 Å². The second-order valence-electron chi connectivity index (χ2n) is 8.13. The highest BCUT2D eigenvalue weighted by molar-refractivity contribution is 5.93. The van der Waals surface area contributed by atoms with E-state index in [1.807, 2.05) is 32.6 Å². The Balaban J connectivity index is 1.41. The van der Waals surface area contributed by atoms with Gasteiger partial charge in [-0.2, -0.15) is 14.6 Å². The molecule has 1 aromatic carbocycles. The number of nitrogens with one attached hydrogen (secondary N) is 1. The lowest BCUT2D eigenvalue weighted by atomic mass is 9.93. The molecule has 7 nitrogen and oxygen atoms in total. The number of rotatable bonds is 5. The summed E-state index contributed by atoms with van der Waals surface area (Å²) in [7, 11) is 3.72. The predicted molar refractivity (Wildman–Crippen MR) is 118 cm³/mol. The highest BCUT2D eigenvalue weighted by Crippen LogP contribution is 2.36. The number of ether oxygens (including phenoxy) is 1. The first-order valence-electron chi connectivity index (χ1n) is 10.7. The maximum atomic E-state index is 14.0. The first-order chi connectivity index (χ1) is 15.5. The van der Waals surface area contributed by atoms with Gasteiger partial charge in [-0.3, -0.25) is 9.36 Å². The molecule has 0 aliphatic heterocycles. The summed E-state index contributed by atoms with van der Waals surface area (Å²) >= 11 is 0. The number of pyridine rings is 1. The van der Waals surface area contributed by atoms with E-state index in [0.717, 1.165) is 59.7 Å². The van der Waals surface area contributed by atoms with Gasteiger partial charge in [-0.05, 0) is 37.8 Å². The van der Waals surface area contributed by atoms with E-state index in [1.54, 1.807) is 10.9 Å². The summed E-state index contributed by atoms with van der Waals surface area (Å²) in [5, 5.41) is 13.3. The minimum absolute atomic E-state index is 0.0263. The zero-order chi connectivity index (χ0) is 22.2. The molecule has 166 valence electrons. The average Bonchev–Trinajstić information content (AvgIpc) is 3.40. The fourth-order valence-corrected chi connectivity index (χ4v) is 4.37. The zero-order valence-electron chi connectivity index (χ0n) is 17.9. The average molecular weight is 438 g/mol. The van der Waals surface area contributed by atoms with Crippen LogP contribution in [-0.4, -0.2) is 37.7 Å². The van der Waals surface area contributed by atoms with Crippen molar-refractivity contribution < 1.29 is 13.5 Å². The van der Waals surface area contributed by atoms with Gasteiger partial charge in [0.1, 0.15) is 11.5 Å². The van der Waals surface area contributed by atoms with Crippen molar-refractivity contribution in [2.24, 2.45) is 7.05 Å². The van der Waals surface area contributed by atoms with Crippen molar-refractivity contribution in [3.05, 3.63) is 54.5 Å². The maximum Gasteiger partial charge on any atom is 0.200 e. The molecule has 9 heteroatoms. The number of aryl methyl sites for hydroxylation is 1. The van der Waals surface area contributed by atoms with Crippen LogP contribution >= 0.6 is 0 Å². The molecule has 3 aromatic heterocycles. The second-order valence-corrected chi connectivity index (χ2v) is 8.13. The SMILES string of the molecule is CNc1cc2c(cn1)c(-c1cnn(C)c1)nn2[C@H]1CC[C@@H](Oc2cccc(F)c2F)CC1. The fourth-order valence-electron chi connectivity index (χ4n) is 4.37. The molecule has 1 fully saturated rings. The van der Waals surface area contributed by atoms with Crippen molar-refractivity contribution in [3.63, 3.8) is 0 Å². The van der Waals surface area contributed by atoms with Crippen LogP contribution < -0.4 is 10.1 Å². The Kier molecular flexibility index (Phi) is 5.24. The van der Waals surface area contributed by atoms with Crippen molar-refractivity contribution in [1.29, 1.82) is 0 Å².